The highest BCUT2D eigenvalue weighted by Gasteiger charge is 2.39. The van der Waals surface area contributed by atoms with Crippen molar-refractivity contribution in [2.75, 3.05) is 0 Å². The van der Waals surface area contributed by atoms with Crippen molar-refractivity contribution < 1.29 is 4.42 Å². The number of nitrogens with zero attached hydrogens (tertiary/aromatic N) is 3. The third kappa shape index (κ3) is 4.64. The Balaban J connectivity index is 1.10. The fourth-order valence-corrected chi connectivity index (χ4v) is 10.2. The summed E-state index contributed by atoms with van der Waals surface area (Å²) in [6.45, 7) is 4.61. The molecule has 1 aliphatic rings. The molecule has 280 valence electrons. The lowest BCUT2D eigenvalue weighted by atomic mass is 9.81. The lowest BCUT2D eigenvalue weighted by Gasteiger charge is -2.22. The van der Waals surface area contributed by atoms with Crippen molar-refractivity contribution in [2.45, 2.75) is 19.3 Å². The number of para-hydroxylation sites is 1. The molecule has 0 unspecified atom stereocenters. The molecule has 0 bridgehead atoms. The standard InChI is InChI=1S/C56H35N3O/c1-56(2)47-20-9-7-17-43(47)51-48(56)31-46(50-44-18-8-10-21-49(44)60-52(50)51)55-58-53(57-54(59-55)42-19-11-14-32-12-3-6-16-37(32)42)35-23-22-34-25-27-40-39-26-24-33-13-4-5-15-36(33)38(39)28-29-41(40)45(34)30-35/h3-31H,1-2H3. The van der Waals surface area contributed by atoms with E-state index in [4.69, 9.17) is 19.4 Å². The van der Waals surface area contributed by atoms with Gasteiger partial charge in [-0.3, -0.25) is 0 Å². The van der Waals surface area contributed by atoms with Crippen LogP contribution in [-0.4, -0.2) is 15.0 Å². The molecule has 60 heavy (non-hydrogen) atoms. The molecule has 1 aliphatic carbocycles. The molecule has 0 atom stereocenters. The van der Waals surface area contributed by atoms with E-state index in [1.54, 1.807) is 0 Å². The SMILES string of the molecule is CC1(C)c2ccccc2-c2c1cc(-c1nc(-c3ccc4ccc5c(ccc6c7ccccc7ccc65)c4c3)nc(-c3cccc4ccccc34)n1)c1c2oc2ccccc21. The van der Waals surface area contributed by atoms with E-state index in [1.807, 2.05) is 6.07 Å². The van der Waals surface area contributed by atoms with Crippen LogP contribution in [-0.2, 0) is 5.41 Å². The number of furan rings is 1. The third-order valence-corrected chi connectivity index (χ3v) is 13.1. The van der Waals surface area contributed by atoms with E-state index in [2.05, 4.69) is 184 Å². The molecule has 0 radical (unpaired) electrons. The van der Waals surface area contributed by atoms with Crippen molar-refractivity contribution in [1.82, 2.24) is 15.0 Å². The van der Waals surface area contributed by atoms with Gasteiger partial charge in [-0.1, -0.05) is 172 Å². The van der Waals surface area contributed by atoms with Crippen LogP contribution in [0.2, 0.25) is 0 Å². The van der Waals surface area contributed by atoms with E-state index in [9.17, 15) is 0 Å². The minimum atomic E-state index is -0.266. The second kappa shape index (κ2) is 12.2. The summed E-state index contributed by atoms with van der Waals surface area (Å²) < 4.78 is 6.87. The zero-order chi connectivity index (χ0) is 39.7. The first-order valence-corrected chi connectivity index (χ1v) is 20.6. The minimum Gasteiger partial charge on any atom is -0.455 e. The Bertz CT molecular complexity index is 3810. The highest BCUT2D eigenvalue weighted by Crippen LogP contribution is 2.54. The van der Waals surface area contributed by atoms with Crippen molar-refractivity contribution in [3.8, 4) is 45.3 Å². The van der Waals surface area contributed by atoms with Crippen molar-refractivity contribution >= 4 is 75.8 Å². The van der Waals surface area contributed by atoms with Gasteiger partial charge in [0.25, 0.3) is 0 Å². The van der Waals surface area contributed by atoms with Gasteiger partial charge in [-0.15, -0.1) is 0 Å². The van der Waals surface area contributed by atoms with Crippen LogP contribution in [0.15, 0.2) is 180 Å². The molecular formula is C56H35N3O. The highest BCUT2D eigenvalue weighted by atomic mass is 16.3. The average molecular weight is 766 g/mol. The summed E-state index contributed by atoms with van der Waals surface area (Å²) in [5.41, 5.74) is 9.13. The van der Waals surface area contributed by atoms with Crippen LogP contribution in [0, 0.1) is 0 Å². The molecule has 0 fully saturated rings. The summed E-state index contributed by atoms with van der Waals surface area (Å²) in [5.74, 6) is 1.87. The topological polar surface area (TPSA) is 51.8 Å². The van der Waals surface area contributed by atoms with Gasteiger partial charge in [0.05, 0.1) is 0 Å². The number of hydrogen-bond donors (Lipinski definition) is 0. The fraction of sp³-hybridized carbons (Fsp3) is 0.0536. The highest BCUT2D eigenvalue weighted by molar-refractivity contribution is 6.22. The Morgan fingerprint density at radius 2 is 0.933 bits per heavy atom. The van der Waals surface area contributed by atoms with Crippen molar-refractivity contribution in [3.63, 3.8) is 0 Å². The first kappa shape index (κ1) is 33.3. The second-order valence-corrected chi connectivity index (χ2v) is 16.7. The lowest BCUT2D eigenvalue weighted by Crippen LogP contribution is -2.15. The number of rotatable bonds is 3. The van der Waals surface area contributed by atoms with Gasteiger partial charge in [-0.2, -0.15) is 0 Å². The van der Waals surface area contributed by atoms with E-state index in [1.165, 1.54) is 54.4 Å². The first-order valence-electron chi connectivity index (χ1n) is 20.6. The Kier molecular flexibility index (Phi) is 6.75. The molecule has 4 heteroatoms. The van der Waals surface area contributed by atoms with Gasteiger partial charge in [-0.25, -0.2) is 15.0 Å². The van der Waals surface area contributed by atoms with E-state index in [0.717, 1.165) is 60.4 Å². The van der Waals surface area contributed by atoms with Crippen molar-refractivity contribution in [1.29, 1.82) is 0 Å². The zero-order valence-corrected chi connectivity index (χ0v) is 33.0. The quantitative estimate of drug-likeness (QED) is 0.168. The Morgan fingerprint density at radius 3 is 1.75 bits per heavy atom. The average Bonchev–Trinajstić information content (AvgIpc) is 3.80. The lowest BCUT2D eigenvalue weighted by molar-refractivity contribution is 0.653. The molecule has 0 amide bonds. The van der Waals surface area contributed by atoms with E-state index in [-0.39, 0.29) is 5.41 Å². The molecule has 0 N–H and O–H groups in total. The molecule has 12 aromatic rings. The van der Waals surface area contributed by atoms with Crippen molar-refractivity contribution in [2.24, 2.45) is 0 Å². The first-order chi connectivity index (χ1) is 29.5. The molecule has 10 aromatic carbocycles. The van der Waals surface area contributed by atoms with Crippen molar-refractivity contribution in [3.05, 3.63) is 187 Å². The molecule has 4 nitrogen and oxygen atoms in total. The zero-order valence-electron chi connectivity index (χ0n) is 33.0. The molecule has 0 saturated heterocycles. The van der Waals surface area contributed by atoms with E-state index < -0.39 is 0 Å². The Morgan fingerprint density at radius 1 is 0.383 bits per heavy atom. The third-order valence-electron chi connectivity index (χ3n) is 13.1. The van der Waals surface area contributed by atoms with Gasteiger partial charge in [0.15, 0.2) is 17.5 Å². The largest absolute Gasteiger partial charge is 0.455 e. The summed E-state index contributed by atoms with van der Waals surface area (Å²) in [7, 11) is 0. The smallest absolute Gasteiger partial charge is 0.164 e. The van der Waals surface area contributed by atoms with Crippen LogP contribution < -0.4 is 0 Å². The summed E-state index contributed by atoms with van der Waals surface area (Å²) in [6.07, 6.45) is 0. The number of benzene rings is 10. The monoisotopic (exact) mass is 765 g/mol. The molecule has 0 saturated carbocycles. The minimum absolute atomic E-state index is 0.266. The predicted octanol–water partition coefficient (Wildman–Crippen LogP) is 14.8. The fourth-order valence-electron chi connectivity index (χ4n) is 10.2. The molecule has 0 spiro atoms. The van der Waals surface area contributed by atoms with Crippen LogP contribution in [0.3, 0.4) is 0 Å². The normalized spacial score (nSPS) is 13.3. The maximum atomic E-state index is 6.87. The molecule has 2 aromatic heterocycles. The summed E-state index contributed by atoms with van der Waals surface area (Å²) in [4.78, 5) is 16.2. The van der Waals surface area contributed by atoms with E-state index in [0.29, 0.717) is 17.5 Å². The summed E-state index contributed by atoms with van der Waals surface area (Å²) in [5, 5.41) is 14.1. The maximum absolute atomic E-state index is 6.87. The number of hydrogen-bond acceptors (Lipinski definition) is 4. The van der Waals surface area contributed by atoms with Crippen LogP contribution in [0.25, 0.3) is 121 Å². The van der Waals surface area contributed by atoms with Crippen LogP contribution in [0.1, 0.15) is 25.0 Å². The molecule has 0 aliphatic heterocycles. The maximum Gasteiger partial charge on any atom is 0.164 e. The van der Waals surface area contributed by atoms with Gasteiger partial charge in [0, 0.05) is 38.4 Å². The Hall–Kier alpha value is -7.69. The second-order valence-electron chi connectivity index (χ2n) is 16.7. The summed E-state index contributed by atoms with van der Waals surface area (Å²) in [6, 6.07) is 63.0. The molecule has 13 rings (SSSR count). The van der Waals surface area contributed by atoms with Gasteiger partial charge in [0.2, 0.25) is 0 Å². The summed E-state index contributed by atoms with van der Waals surface area (Å²) >= 11 is 0. The van der Waals surface area contributed by atoms with Gasteiger partial charge in [0.1, 0.15) is 11.2 Å². The van der Waals surface area contributed by atoms with Crippen LogP contribution in [0.5, 0.6) is 0 Å². The van der Waals surface area contributed by atoms with Crippen LogP contribution >= 0.6 is 0 Å². The molecule has 2 heterocycles. The van der Waals surface area contributed by atoms with Gasteiger partial charge >= 0.3 is 0 Å². The van der Waals surface area contributed by atoms with Crippen LogP contribution in [0.4, 0.5) is 0 Å². The van der Waals surface area contributed by atoms with Gasteiger partial charge in [-0.05, 0) is 88.8 Å². The predicted molar refractivity (Wildman–Crippen MR) is 249 cm³/mol. The number of aromatic nitrogens is 3. The Labute approximate surface area is 345 Å². The number of fused-ring (bicyclic) bond motifs is 15. The van der Waals surface area contributed by atoms with E-state index >= 15 is 0 Å². The molecular weight excluding hydrogens is 731 g/mol. The van der Waals surface area contributed by atoms with Gasteiger partial charge < -0.3 is 4.42 Å².